The molecule has 7 aromatic rings. The summed E-state index contributed by atoms with van der Waals surface area (Å²) in [4.78, 5) is 91.1. The summed E-state index contributed by atoms with van der Waals surface area (Å²) in [6.45, 7) is 20.3. The van der Waals surface area contributed by atoms with Crippen molar-refractivity contribution in [3.05, 3.63) is 106 Å². The van der Waals surface area contributed by atoms with E-state index in [4.69, 9.17) is 23.9 Å². The minimum absolute atomic E-state index is 0.00341. The number of aryl methyl sites for hydroxylation is 3. The molecule has 2 spiro atoms. The van der Waals surface area contributed by atoms with Crippen molar-refractivity contribution < 1.29 is 47.8 Å². The van der Waals surface area contributed by atoms with Crippen LogP contribution in [-0.4, -0.2) is 137 Å². The van der Waals surface area contributed by atoms with Crippen LogP contribution >= 0.6 is 0 Å². The van der Waals surface area contributed by atoms with Crippen molar-refractivity contribution in [3.8, 4) is 23.0 Å². The van der Waals surface area contributed by atoms with Gasteiger partial charge in [-0.2, -0.15) is 0 Å². The average Bonchev–Trinajstić information content (AvgIpc) is 1.97. The summed E-state index contributed by atoms with van der Waals surface area (Å²) in [7, 11) is 5.01. The molecular weight excluding hydrogens is 1090 g/mol. The van der Waals surface area contributed by atoms with E-state index in [0.717, 1.165) is 97.0 Å². The van der Waals surface area contributed by atoms with Gasteiger partial charge in [-0.05, 0) is 166 Å². The van der Waals surface area contributed by atoms with Crippen LogP contribution < -0.4 is 20.1 Å². The number of ether oxygens (including phenoxy) is 4. The number of fused-ring (bicyclic) bond motifs is 3. The SMILES string of the molecule is CCc1c(OC)cc(C(=O)N2CCC3(CC3)C(NC(=O)OC(C)(C)C)C2)cc1[N+](=O)[O-].CCn1c(-c2nc3cc(C(=O)N4CCC5(CC5)C(NC(=O)OC(C)(C)C)C4)cc(OC)c3n2C)cc2cccnc21.CCn1c(C=O)cc2cccnc21. The molecule has 0 bridgehead atoms. The van der Waals surface area contributed by atoms with Gasteiger partial charge in [0.2, 0.25) is 0 Å². The normalized spacial score (nSPS) is 17.6. The number of amides is 4. The van der Waals surface area contributed by atoms with E-state index in [-0.39, 0.29) is 46.0 Å². The lowest BCUT2D eigenvalue weighted by atomic mass is 9.88. The molecule has 2 unspecified atom stereocenters. The number of imidazole rings is 1. The maximum atomic E-state index is 13.9. The molecule has 22 heteroatoms. The molecule has 85 heavy (non-hydrogen) atoms. The van der Waals surface area contributed by atoms with Gasteiger partial charge in [0, 0.05) is 81.1 Å². The third-order valence-corrected chi connectivity index (χ3v) is 16.7. The number of rotatable bonds is 12. The number of piperidine rings is 2. The highest BCUT2D eigenvalue weighted by atomic mass is 16.6. The zero-order valence-corrected chi connectivity index (χ0v) is 50.9. The minimum atomic E-state index is -0.610. The van der Waals surface area contributed by atoms with Gasteiger partial charge < -0.3 is 53.1 Å². The van der Waals surface area contributed by atoms with E-state index < -0.39 is 28.3 Å². The monoisotopic (exact) mass is 1170 g/mol. The number of pyridine rings is 2. The van der Waals surface area contributed by atoms with Gasteiger partial charge in [0.05, 0.1) is 59.3 Å². The molecule has 22 nitrogen and oxygen atoms in total. The van der Waals surface area contributed by atoms with Gasteiger partial charge in [-0.3, -0.25) is 24.5 Å². The smallest absolute Gasteiger partial charge is 0.407 e. The Hall–Kier alpha value is -8.56. The quantitative estimate of drug-likeness (QED) is 0.0656. The molecule has 2 aliphatic carbocycles. The van der Waals surface area contributed by atoms with E-state index in [1.807, 2.05) is 85.2 Å². The highest BCUT2D eigenvalue weighted by molar-refractivity contribution is 6.00. The van der Waals surface area contributed by atoms with Gasteiger partial charge in [0.25, 0.3) is 17.5 Å². The van der Waals surface area contributed by atoms with E-state index in [1.165, 1.54) is 13.2 Å². The second-order valence-electron chi connectivity index (χ2n) is 24.5. The predicted octanol–water partition coefficient (Wildman–Crippen LogP) is 10.7. The molecule has 452 valence electrons. The van der Waals surface area contributed by atoms with Gasteiger partial charge in [0.1, 0.15) is 39.5 Å². The molecule has 2 saturated carbocycles. The summed E-state index contributed by atoms with van der Waals surface area (Å²) >= 11 is 0. The molecule has 2 N–H and O–H groups in total. The Morgan fingerprint density at radius 1 is 0.706 bits per heavy atom. The standard InChI is InChI=1S/C31H38N6O4.C22H31N3O6.C10H10N2O/c1-7-37-22(16-19-9-8-13-32-26(19)37)27-33-21-15-20(17-23(40-6)25(21)35(27)5)28(38)36-14-12-31(10-11-31)24(18-36)34-29(39)41-30(2,3)4;1-6-15-16(25(28)29)11-14(12-17(15)30-5)19(26)24-10-9-22(7-8-22)18(13-24)23-20(27)31-21(2,3)4;1-2-12-9(7-13)6-8-4-3-5-11-10(8)12/h8-9,13,15-17,24H,7,10-12,14,18H2,1-6H3,(H,34,39);11-12,18H,6-10,13H2,1-5H3,(H,23,27);3-7H,2H2,1H3. The van der Waals surface area contributed by atoms with Crippen LogP contribution in [0.3, 0.4) is 0 Å². The van der Waals surface area contributed by atoms with Gasteiger partial charge >= 0.3 is 12.2 Å². The van der Waals surface area contributed by atoms with E-state index >= 15 is 0 Å². The highest BCUT2D eigenvalue weighted by Crippen LogP contribution is 2.55. The maximum Gasteiger partial charge on any atom is 0.407 e. The molecule has 4 fully saturated rings. The van der Waals surface area contributed by atoms with Crippen molar-refractivity contribution in [2.24, 2.45) is 17.9 Å². The molecule has 2 saturated heterocycles. The Balaban J connectivity index is 0.000000172. The van der Waals surface area contributed by atoms with Gasteiger partial charge in [-0.1, -0.05) is 6.92 Å². The summed E-state index contributed by atoms with van der Waals surface area (Å²) in [6.07, 6.45) is 9.61. The number of nitro groups is 1. The van der Waals surface area contributed by atoms with Crippen LogP contribution in [0.5, 0.6) is 11.5 Å². The van der Waals surface area contributed by atoms with Crippen molar-refractivity contribution in [2.45, 2.75) is 144 Å². The topological polar surface area (TPSA) is 249 Å². The number of aromatic nitrogens is 6. The molecule has 0 radical (unpaired) electrons. The number of likely N-dealkylation sites (tertiary alicyclic amines) is 2. The number of hydrogen-bond acceptors (Lipinski definition) is 14. The Bertz CT molecular complexity index is 3690. The molecule has 2 aliphatic heterocycles. The molecule has 2 atom stereocenters. The van der Waals surface area contributed by atoms with Crippen LogP contribution in [0, 0.1) is 20.9 Å². The number of aldehydes is 1. The highest BCUT2D eigenvalue weighted by Gasteiger charge is 2.54. The Morgan fingerprint density at radius 2 is 1.20 bits per heavy atom. The summed E-state index contributed by atoms with van der Waals surface area (Å²) in [5, 5.41) is 19.6. The van der Waals surface area contributed by atoms with Crippen molar-refractivity contribution in [3.63, 3.8) is 0 Å². The van der Waals surface area contributed by atoms with E-state index in [9.17, 15) is 34.1 Å². The first kappa shape index (κ1) is 61.0. The summed E-state index contributed by atoms with van der Waals surface area (Å²) in [5.74, 6) is 1.28. The van der Waals surface area contributed by atoms with Gasteiger partial charge in [-0.25, -0.2) is 24.5 Å². The van der Waals surface area contributed by atoms with Crippen molar-refractivity contribution >= 4 is 69.1 Å². The fraction of sp³-hybridized carbons (Fsp3) is 0.492. The number of benzene rings is 2. The first-order chi connectivity index (χ1) is 40.4. The van der Waals surface area contributed by atoms with Crippen LogP contribution in [0.15, 0.2) is 73.1 Å². The number of hydrogen-bond donors (Lipinski definition) is 2. The lowest BCUT2D eigenvalue weighted by Crippen LogP contribution is -2.55. The van der Waals surface area contributed by atoms with Gasteiger partial charge in [0.15, 0.2) is 12.1 Å². The lowest BCUT2D eigenvalue weighted by molar-refractivity contribution is -0.385. The Morgan fingerprint density at radius 3 is 1.66 bits per heavy atom. The van der Waals surface area contributed by atoms with Crippen LogP contribution in [-0.2, 0) is 36.0 Å². The third-order valence-electron chi connectivity index (χ3n) is 16.7. The first-order valence-corrected chi connectivity index (χ1v) is 29.2. The van der Waals surface area contributed by atoms with Crippen molar-refractivity contribution in [2.75, 3.05) is 40.4 Å². The van der Waals surface area contributed by atoms with Crippen LogP contribution in [0.25, 0.3) is 44.6 Å². The second kappa shape index (κ2) is 24.2. The van der Waals surface area contributed by atoms with Crippen molar-refractivity contribution in [1.82, 2.24) is 49.1 Å². The van der Waals surface area contributed by atoms with Gasteiger partial charge in [-0.15, -0.1) is 0 Å². The minimum Gasteiger partial charge on any atom is -0.496 e. The number of alkyl carbamates (subject to hydrolysis) is 2. The van der Waals surface area contributed by atoms with Crippen LogP contribution in [0.1, 0.15) is 138 Å². The number of methoxy groups -OCH3 is 2. The fourth-order valence-corrected chi connectivity index (χ4v) is 12.0. The average molecular weight is 1170 g/mol. The van der Waals surface area contributed by atoms with E-state index in [0.29, 0.717) is 66.4 Å². The number of nitro benzene ring substituents is 1. The van der Waals surface area contributed by atoms with Crippen molar-refractivity contribution in [1.29, 1.82) is 0 Å². The molecule has 2 aromatic carbocycles. The molecule has 4 amide bonds. The predicted molar refractivity (Wildman–Crippen MR) is 322 cm³/mol. The molecule has 7 heterocycles. The molecular formula is C63H79N11O11. The zero-order valence-electron chi connectivity index (χ0n) is 50.9. The third kappa shape index (κ3) is 12.9. The number of carbonyl (C=O) groups excluding carboxylic acids is 5. The Kier molecular flexibility index (Phi) is 17.4. The largest absolute Gasteiger partial charge is 0.496 e. The summed E-state index contributed by atoms with van der Waals surface area (Å²) in [5.41, 5.74) is 4.87. The van der Waals surface area contributed by atoms with E-state index in [2.05, 4.69) is 38.2 Å². The maximum absolute atomic E-state index is 13.9. The van der Waals surface area contributed by atoms with E-state index in [1.54, 1.807) is 64.2 Å². The molecule has 5 aromatic heterocycles. The Labute approximate surface area is 494 Å². The summed E-state index contributed by atoms with van der Waals surface area (Å²) in [6, 6.07) is 17.9. The molecule has 4 aliphatic rings. The second-order valence-corrected chi connectivity index (χ2v) is 24.5. The number of carbonyl (C=O) groups is 5. The zero-order chi connectivity index (χ0) is 61.3. The fourth-order valence-electron chi connectivity index (χ4n) is 12.0. The number of nitrogens with zero attached hydrogens (tertiary/aromatic N) is 9. The summed E-state index contributed by atoms with van der Waals surface area (Å²) < 4.78 is 28.1. The number of nitrogens with one attached hydrogen (secondary N) is 2. The molecule has 11 rings (SSSR count). The lowest BCUT2D eigenvalue weighted by Gasteiger charge is -2.39. The van der Waals surface area contributed by atoms with Crippen LogP contribution in [0.4, 0.5) is 15.3 Å². The first-order valence-electron chi connectivity index (χ1n) is 29.2. The van der Waals surface area contributed by atoms with Crippen LogP contribution in [0.2, 0.25) is 0 Å².